The molecule has 0 bridgehead atoms. The number of aromatic nitrogens is 4. The molecule has 1 saturated heterocycles. The average Bonchev–Trinajstić information content (AvgIpc) is 3.54. The van der Waals surface area contributed by atoms with Crippen molar-refractivity contribution in [3.8, 4) is 11.5 Å². The quantitative estimate of drug-likeness (QED) is 0.419. The molecule has 1 aliphatic rings. The lowest BCUT2D eigenvalue weighted by Gasteiger charge is -2.21. The molecule has 15 heteroatoms. The van der Waals surface area contributed by atoms with E-state index in [1.165, 1.54) is 41.2 Å². The number of halogens is 3. The molecule has 38 heavy (non-hydrogen) atoms. The molecule has 0 saturated carbocycles. The Kier molecular flexibility index (Phi) is 6.86. The van der Waals surface area contributed by atoms with Gasteiger partial charge in [0.2, 0.25) is 17.7 Å². The zero-order chi connectivity index (χ0) is 27.8. The van der Waals surface area contributed by atoms with Crippen LogP contribution in [0.3, 0.4) is 0 Å². The topological polar surface area (TPSA) is 147 Å². The van der Waals surface area contributed by atoms with E-state index in [4.69, 9.17) is 4.42 Å². The Hall–Kier alpha value is -4.43. The molecule has 3 amide bonds. The number of anilines is 3. The van der Waals surface area contributed by atoms with E-state index in [-0.39, 0.29) is 47.3 Å². The van der Waals surface area contributed by atoms with Gasteiger partial charge in [0.15, 0.2) is 11.5 Å². The van der Waals surface area contributed by atoms with Crippen LogP contribution in [0.5, 0.6) is 0 Å². The second-order valence-electron chi connectivity index (χ2n) is 9.23. The Balaban J connectivity index is 1.52. The second kappa shape index (κ2) is 9.79. The lowest BCUT2D eigenvalue weighted by molar-refractivity contribution is -0.133. The number of rotatable bonds is 7. The molecule has 1 aliphatic heterocycles. The molecule has 3 aromatic rings. The summed E-state index contributed by atoms with van der Waals surface area (Å²) < 4.78 is 44.2. The Bertz CT molecular complexity index is 1380. The largest absolute Gasteiger partial charge is 0.444 e. The van der Waals surface area contributed by atoms with Crippen LogP contribution in [0.2, 0.25) is 0 Å². The standard InChI is InChI=1S/C23H25F3N8O4/c1-22(2)13(18(35)27-3)8-34(21(22)37)17-14(9-33(4)32-17)30-19(36)15-10-38-20(31-15)12-5-6-28-16(7-12)29-11-23(24,25)26/h5-7,9-10,13H,8,11H2,1-4H3,(H,27,35)(H,28,29)(H,30,36). The zero-order valence-electron chi connectivity index (χ0n) is 20.9. The van der Waals surface area contributed by atoms with Crippen LogP contribution in [0, 0.1) is 11.3 Å². The number of carbonyl (C=O) groups is 3. The van der Waals surface area contributed by atoms with Crippen molar-refractivity contribution in [1.82, 2.24) is 25.1 Å². The third kappa shape index (κ3) is 5.31. The highest BCUT2D eigenvalue weighted by atomic mass is 19.4. The number of alkyl halides is 3. The molecular formula is C23H25F3N8O4. The monoisotopic (exact) mass is 534 g/mol. The van der Waals surface area contributed by atoms with Crippen molar-refractivity contribution in [3.05, 3.63) is 36.5 Å². The van der Waals surface area contributed by atoms with E-state index in [0.29, 0.717) is 5.56 Å². The van der Waals surface area contributed by atoms with E-state index in [0.717, 1.165) is 6.26 Å². The number of amides is 3. The van der Waals surface area contributed by atoms with Crippen LogP contribution in [-0.4, -0.2) is 63.8 Å². The summed E-state index contributed by atoms with van der Waals surface area (Å²) in [6.45, 7) is 2.16. The number of nitrogens with one attached hydrogen (secondary N) is 3. The number of hydrogen-bond donors (Lipinski definition) is 3. The van der Waals surface area contributed by atoms with Crippen molar-refractivity contribution in [2.75, 3.05) is 35.7 Å². The molecule has 1 unspecified atom stereocenters. The Labute approximate surface area is 214 Å². The molecule has 0 radical (unpaired) electrons. The molecule has 4 heterocycles. The maximum atomic E-state index is 13.1. The van der Waals surface area contributed by atoms with Gasteiger partial charge in [-0.3, -0.25) is 24.0 Å². The fourth-order valence-electron chi connectivity index (χ4n) is 4.07. The highest BCUT2D eigenvalue weighted by molar-refractivity contribution is 6.09. The maximum Gasteiger partial charge on any atom is 0.405 e. The highest BCUT2D eigenvalue weighted by Crippen LogP contribution is 2.40. The summed E-state index contributed by atoms with van der Waals surface area (Å²) in [5.74, 6) is -1.79. The van der Waals surface area contributed by atoms with Crippen molar-refractivity contribution in [3.63, 3.8) is 0 Å². The van der Waals surface area contributed by atoms with Crippen LogP contribution in [0.25, 0.3) is 11.5 Å². The van der Waals surface area contributed by atoms with E-state index >= 15 is 0 Å². The maximum absolute atomic E-state index is 13.1. The first-order valence-corrected chi connectivity index (χ1v) is 11.4. The van der Waals surface area contributed by atoms with Gasteiger partial charge in [-0.25, -0.2) is 9.97 Å². The molecule has 202 valence electrons. The predicted octanol–water partition coefficient (Wildman–Crippen LogP) is 2.43. The van der Waals surface area contributed by atoms with E-state index in [1.54, 1.807) is 20.9 Å². The summed E-state index contributed by atoms with van der Waals surface area (Å²) in [7, 11) is 3.11. The molecule has 0 spiro atoms. The van der Waals surface area contributed by atoms with Gasteiger partial charge >= 0.3 is 6.18 Å². The third-order valence-corrected chi connectivity index (χ3v) is 6.12. The fraction of sp³-hybridized carbons (Fsp3) is 0.391. The summed E-state index contributed by atoms with van der Waals surface area (Å²) in [5.41, 5.74) is -0.590. The summed E-state index contributed by atoms with van der Waals surface area (Å²) in [4.78, 5) is 47.8. The molecule has 3 aromatic heterocycles. The van der Waals surface area contributed by atoms with Gasteiger partial charge in [-0.2, -0.15) is 18.3 Å². The Morgan fingerprint density at radius 1 is 1.29 bits per heavy atom. The summed E-state index contributed by atoms with van der Waals surface area (Å²) >= 11 is 0. The fourth-order valence-corrected chi connectivity index (χ4v) is 4.07. The van der Waals surface area contributed by atoms with Gasteiger partial charge in [-0.05, 0) is 12.1 Å². The van der Waals surface area contributed by atoms with Crippen molar-refractivity contribution < 1.29 is 32.0 Å². The first kappa shape index (κ1) is 26.6. The molecule has 1 fully saturated rings. The lowest BCUT2D eigenvalue weighted by Crippen LogP contribution is -2.38. The van der Waals surface area contributed by atoms with Crippen LogP contribution in [-0.2, 0) is 16.6 Å². The number of oxazole rings is 1. The van der Waals surface area contributed by atoms with E-state index in [2.05, 4.69) is 31.0 Å². The SMILES string of the molecule is CNC(=O)C1CN(c2nn(C)cc2NC(=O)c2coc(-c3ccnc(NCC(F)(F)F)c3)n2)C(=O)C1(C)C. The summed E-state index contributed by atoms with van der Waals surface area (Å²) in [6, 6.07) is 2.77. The number of aryl methyl sites for hydroxylation is 1. The van der Waals surface area contributed by atoms with Crippen molar-refractivity contribution >= 4 is 35.0 Å². The van der Waals surface area contributed by atoms with Crippen LogP contribution in [0.1, 0.15) is 24.3 Å². The second-order valence-corrected chi connectivity index (χ2v) is 9.23. The van der Waals surface area contributed by atoms with Crippen LogP contribution in [0.15, 0.2) is 35.2 Å². The lowest BCUT2D eigenvalue weighted by atomic mass is 9.81. The number of carbonyl (C=O) groups excluding carboxylic acids is 3. The third-order valence-electron chi connectivity index (χ3n) is 6.12. The van der Waals surface area contributed by atoms with E-state index in [1.807, 2.05) is 0 Å². The van der Waals surface area contributed by atoms with Gasteiger partial charge in [0.05, 0.1) is 17.5 Å². The van der Waals surface area contributed by atoms with Crippen molar-refractivity contribution in [1.29, 1.82) is 0 Å². The van der Waals surface area contributed by atoms with Crippen LogP contribution in [0.4, 0.5) is 30.5 Å². The molecule has 1 atom stereocenters. The van der Waals surface area contributed by atoms with Gasteiger partial charge < -0.3 is 20.4 Å². The normalized spacial score (nSPS) is 17.0. The number of nitrogens with zero attached hydrogens (tertiary/aromatic N) is 5. The molecule has 12 nitrogen and oxygen atoms in total. The van der Waals surface area contributed by atoms with Crippen molar-refractivity contribution in [2.24, 2.45) is 18.4 Å². The first-order valence-electron chi connectivity index (χ1n) is 11.4. The molecule has 0 aliphatic carbocycles. The van der Waals surface area contributed by atoms with Gasteiger partial charge in [0.1, 0.15) is 24.3 Å². The van der Waals surface area contributed by atoms with Gasteiger partial charge in [0.25, 0.3) is 5.91 Å². The zero-order valence-corrected chi connectivity index (χ0v) is 20.9. The molecule has 4 rings (SSSR count). The van der Waals surface area contributed by atoms with Crippen molar-refractivity contribution in [2.45, 2.75) is 20.0 Å². The minimum Gasteiger partial charge on any atom is -0.444 e. The number of hydrogen-bond acceptors (Lipinski definition) is 8. The Morgan fingerprint density at radius 3 is 2.71 bits per heavy atom. The molecule has 3 N–H and O–H groups in total. The Morgan fingerprint density at radius 2 is 2.03 bits per heavy atom. The van der Waals surface area contributed by atoms with E-state index in [9.17, 15) is 27.6 Å². The first-order chi connectivity index (χ1) is 17.8. The molecular weight excluding hydrogens is 509 g/mol. The van der Waals surface area contributed by atoms with Gasteiger partial charge in [0, 0.05) is 32.4 Å². The summed E-state index contributed by atoms with van der Waals surface area (Å²) in [5, 5.41) is 11.7. The van der Waals surface area contributed by atoms with Gasteiger partial charge in [-0.15, -0.1) is 0 Å². The van der Waals surface area contributed by atoms with Crippen LogP contribution >= 0.6 is 0 Å². The van der Waals surface area contributed by atoms with E-state index < -0.39 is 30.0 Å². The predicted molar refractivity (Wildman–Crippen MR) is 129 cm³/mol. The van der Waals surface area contributed by atoms with Gasteiger partial charge in [-0.1, -0.05) is 13.8 Å². The molecule has 0 aromatic carbocycles. The minimum atomic E-state index is -4.42. The average molecular weight is 534 g/mol. The summed E-state index contributed by atoms with van der Waals surface area (Å²) in [6.07, 6.45) is -0.546. The highest BCUT2D eigenvalue weighted by Gasteiger charge is 2.52. The number of pyridine rings is 1. The van der Waals surface area contributed by atoms with Crippen LogP contribution < -0.4 is 20.9 Å². The minimum absolute atomic E-state index is 0.0103. The smallest absolute Gasteiger partial charge is 0.405 e.